The van der Waals surface area contributed by atoms with Gasteiger partial charge in [0.1, 0.15) is 10.5 Å². The molecule has 0 unspecified atom stereocenters. The van der Waals surface area contributed by atoms with Crippen molar-refractivity contribution in [2.24, 2.45) is 7.05 Å². The van der Waals surface area contributed by atoms with Crippen LogP contribution in [-0.4, -0.2) is 23.0 Å². The Hall–Kier alpha value is -4.24. The summed E-state index contributed by atoms with van der Waals surface area (Å²) in [7, 11) is -3.67. The number of alkyl halides is 3. The molecular formula is C23H12F4N4O3S. The van der Waals surface area contributed by atoms with Crippen LogP contribution >= 0.6 is 0 Å². The maximum atomic E-state index is 14.1. The molecule has 5 rings (SSSR count). The standard InChI is InChI=1S/C23H12F4N4O3S/c1-31-19-7-15(12-5-13(10-29-9-12)35(27,33)34)17(23(24,25)26)6-16(19)21(32)20-14-3-2-11(8-28)4-18(14)30-22(20)31/h2-7,9-10,30H,1H3. The smallest absolute Gasteiger partial charge is 0.340 e. The molecule has 0 saturated carbocycles. The van der Waals surface area contributed by atoms with Crippen LogP contribution in [0.2, 0.25) is 0 Å². The molecule has 7 nitrogen and oxygen atoms in total. The van der Waals surface area contributed by atoms with Crippen LogP contribution in [0.5, 0.6) is 0 Å². The molecule has 0 aliphatic rings. The van der Waals surface area contributed by atoms with Crippen molar-refractivity contribution in [3.8, 4) is 17.2 Å². The van der Waals surface area contributed by atoms with Gasteiger partial charge in [-0.15, -0.1) is 3.89 Å². The third-order valence-corrected chi connectivity index (χ3v) is 6.61. The molecule has 3 heterocycles. The highest BCUT2D eigenvalue weighted by molar-refractivity contribution is 7.86. The first-order valence-electron chi connectivity index (χ1n) is 9.89. The zero-order chi connectivity index (χ0) is 25.3. The largest absolute Gasteiger partial charge is 0.417 e. The number of benzene rings is 2. The number of halogens is 4. The number of nitrogens with zero attached hydrogens (tertiary/aromatic N) is 3. The van der Waals surface area contributed by atoms with Crippen LogP contribution in [0.4, 0.5) is 17.1 Å². The van der Waals surface area contributed by atoms with Crippen molar-refractivity contribution in [3.63, 3.8) is 0 Å². The highest BCUT2D eigenvalue weighted by Gasteiger charge is 2.35. The number of rotatable bonds is 2. The summed E-state index contributed by atoms with van der Waals surface area (Å²) in [4.78, 5) is 19.1. The third kappa shape index (κ3) is 3.52. The van der Waals surface area contributed by atoms with E-state index in [1.807, 2.05) is 6.07 Å². The van der Waals surface area contributed by atoms with E-state index in [2.05, 4.69) is 9.97 Å². The highest BCUT2D eigenvalue weighted by Crippen LogP contribution is 2.40. The van der Waals surface area contributed by atoms with Crippen LogP contribution < -0.4 is 5.43 Å². The molecule has 0 amide bonds. The van der Waals surface area contributed by atoms with Crippen molar-refractivity contribution >= 4 is 43.1 Å². The van der Waals surface area contributed by atoms with Gasteiger partial charge in [-0.25, -0.2) is 0 Å². The Bertz CT molecular complexity index is 1920. The van der Waals surface area contributed by atoms with E-state index < -0.39 is 37.9 Å². The molecule has 2 aromatic carbocycles. The fraction of sp³-hybridized carbons (Fsp3) is 0.0870. The molecule has 0 aliphatic carbocycles. The monoisotopic (exact) mass is 500 g/mol. The van der Waals surface area contributed by atoms with Crippen LogP contribution in [0.25, 0.3) is 44.0 Å². The molecular weight excluding hydrogens is 488 g/mol. The summed E-state index contributed by atoms with van der Waals surface area (Å²) < 4.78 is 79.7. The lowest BCUT2D eigenvalue weighted by Crippen LogP contribution is -2.13. The number of pyridine rings is 2. The van der Waals surface area contributed by atoms with Gasteiger partial charge in [-0.05, 0) is 35.9 Å². The minimum atomic E-state index is -5.22. The Morgan fingerprint density at radius 1 is 1.09 bits per heavy atom. The van der Waals surface area contributed by atoms with Crippen LogP contribution in [0.1, 0.15) is 11.1 Å². The van der Waals surface area contributed by atoms with Gasteiger partial charge in [0.2, 0.25) is 0 Å². The van der Waals surface area contributed by atoms with Gasteiger partial charge in [0.25, 0.3) is 0 Å². The van der Waals surface area contributed by atoms with Crippen LogP contribution in [0, 0.1) is 11.3 Å². The van der Waals surface area contributed by atoms with Gasteiger partial charge in [-0.1, -0.05) is 6.07 Å². The lowest BCUT2D eigenvalue weighted by molar-refractivity contribution is -0.137. The highest BCUT2D eigenvalue weighted by atomic mass is 32.3. The molecule has 0 atom stereocenters. The Morgan fingerprint density at radius 3 is 2.49 bits per heavy atom. The number of aromatic amines is 1. The first-order valence-corrected chi connectivity index (χ1v) is 11.3. The topological polar surface area (TPSA) is 109 Å². The number of hydrogen-bond acceptors (Lipinski definition) is 5. The molecule has 0 saturated heterocycles. The van der Waals surface area contributed by atoms with Gasteiger partial charge >= 0.3 is 16.4 Å². The van der Waals surface area contributed by atoms with E-state index >= 15 is 0 Å². The fourth-order valence-corrected chi connectivity index (χ4v) is 4.66. The molecule has 12 heteroatoms. The average molecular weight is 500 g/mol. The predicted octanol–water partition coefficient (Wildman–Crippen LogP) is 4.78. The van der Waals surface area contributed by atoms with Crippen molar-refractivity contribution in [3.05, 3.63) is 70.1 Å². The maximum Gasteiger partial charge on any atom is 0.417 e. The summed E-state index contributed by atoms with van der Waals surface area (Å²) in [6.45, 7) is 0. The van der Waals surface area contributed by atoms with Crippen LogP contribution in [0.15, 0.2) is 58.5 Å². The summed E-state index contributed by atoms with van der Waals surface area (Å²) in [5.41, 5.74) is -1.39. The summed E-state index contributed by atoms with van der Waals surface area (Å²) in [6.07, 6.45) is -3.25. The van der Waals surface area contributed by atoms with Crippen molar-refractivity contribution in [1.29, 1.82) is 5.26 Å². The number of aromatic nitrogens is 3. The van der Waals surface area contributed by atoms with Crippen molar-refractivity contribution in [2.45, 2.75) is 11.1 Å². The number of nitriles is 1. The molecule has 0 radical (unpaired) electrons. The van der Waals surface area contributed by atoms with Gasteiger partial charge in [0.15, 0.2) is 5.43 Å². The quantitative estimate of drug-likeness (QED) is 0.277. The van der Waals surface area contributed by atoms with E-state index in [-0.39, 0.29) is 21.9 Å². The van der Waals surface area contributed by atoms with Crippen LogP contribution in [0.3, 0.4) is 0 Å². The number of hydrogen-bond donors (Lipinski definition) is 1. The summed E-state index contributed by atoms with van der Waals surface area (Å²) in [6, 6.07) is 9.11. The van der Waals surface area contributed by atoms with Crippen molar-refractivity contribution < 1.29 is 25.5 Å². The number of aryl methyl sites for hydroxylation is 1. The normalized spacial score (nSPS) is 12.5. The van der Waals surface area contributed by atoms with Crippen molar-refractivity contribution in [2.75, 3.05) is 0 Å². The minimum absolute atomic E-state index is 0.117. The second kappa shape index (κ2) is 7.38. The Morgan fingerprint density at radius 2 is 1.83 bits per heavy atom. The second-order valence-corrected chi connectivity index (χ2v) is 9.22. The third-order valence-electron chi connectivity index (χ3n) is 5.82. The summed E-state index contributed by atoms with van der Waals surface area (Å²) >= 11 is 0. The van der Waals surface area contributed by atoms with E-state index in [0.29, 0.717) is 34.4 Å². The molecule has 3 aromatic heterocycles. The Labute approximate surface area is 194 Å². The Kier molecular flexibility index (Phi) is 4.75. The second-order valence-electron chi connectivity index (χ2n) is 7.87. The molecule has 0 spiro atoms. The predicted molar refractivity (Wildman–Crippen MR) is 120 cm³/mol. The SMILES string of the molecule is Cn1c2cc(-c3cncc(S(=O)(=O)F)c3)c(C(F)(F)F)cc2c(=O)c2c3ccc(C#N)cc3[nH]c21. The van der Waals surface area contributed by atoms with Gasteiger partial charge < -0.3 is 9.55 Å². The zero-order valence-electron chi connectivity index (χ0n) is 17.6. The van der Waals surface area contributed by atoms with E-state index in [4.69, 9.17) is 5.26 Å². The number of H-pyrrole nitrogens is 1. The first kappa shape index (κ1) is 22.5. The molecule has 0 fully saturated rings. The molecule has 1 N–H and O–H groups in total. The lowest BCUT2D eigenvalue weighted by atomic mass is 9.97. The molecule has 0 aliphatic heterocycles. The van der Waals surface area contributed by atoms with E-state index in [9.17, 15) is 30.3 Å². The molecule has 176 valence electrons. The zero-order valence-corrected chi connectivity index (χ0v) is 18.4. The summed E-state index contributed by atoms with van der Waals surface area (Å²) in [5.74, 6) is 0. The maximum absolute atomic E-state index is 14.1. The van der Waals surface area contributed by atoms with E-state index in [1.54, 1.807) is 13.1 Å². The van der Waals surface area contributed by atoms with Gasteiger partial charge in [0, 0.05) is 41.3 Å². The average Bonchev–Trinajstić information content (AvgIpc) is 3.20. The summed E-state index contributed by atoms with van der Waals surface area (Å²) in [5, 5.41) is 9.54. The Balaban J connectivity index is 1.92. The van der Waals surface area contributed by atoms with Gasteiger partial charge in [-0.3, -0.25) is 9.78 Å². The van der Waals surface area contributed by atoms with E-state index in [1.165, 1.54) is 16.7 Å². The number of nitrogens with one attached hydrogen (secondary N) is 1. The molecule has 5 aromatic rings. The van der Waals surface area contributed by atoms with Crippen LogP contribution in [-0.2, 0) is 23.4 Å². The van der Waals surface area contributed by atoms with E-state index in [0.717, 1.165) is 18.3 Å². The molecule has 35 heavy (non-hydrogen) atoms. The molecule has 0 bridgehead atoms. The van der Waals surface area contributed by atoms with Gasteiger partial charge in [-0.2, -0.15) is 26.9 Å². The lowest BCUT2D eigenvalue weighted by Gasteiger charge is -2.16. The fourth-order valence-electron chi connectivity index (χ4n) is 4.21. The van der Waals surface area contributed by atoms with Crippen molar-refractivity contribution in [1.82, 2.24) is 14.5 Å². The minimum Gasteiger partial charge on any atom is -0.340 e. The number of fused-ring (bicyclic) bond motifs is 4. The van der Waals surface area contributed by atoms with Gasteiger partial charge in [0.05, 0.1) is 28.1 Å². The first-order chi connectivity index (χ1) is 16.4.